The standard InChI is InChI=1S/C9H19NO4S/c11-7-9(15(12,13)14)6-10-8-4-2-1-3-5-8/h8-11H,1-7H2,(H,12,13,14). The van der Waals surface area contributed by atoms with Gasteiger partial charge in [0.2, 0.25) is 0 Å². The van der Waals surface area contributed by atoms with Gasteiger partial charge in [-0.15, -0.1) is 0 Å². The second kappa shape index (κ2) is 5.79. The van der Waals surface area contributed by atoms with Gasteiger partial charge in [0.25, 0.3) is 10.1 Å². The molecular formula is C9H19NO4S. The zero-order valence-corrected chi connectivity index (χ0v) is 9.54. The molecule has 15 heavy (non-hydrogen) atoms. The molecule has 1 atom stereocenters. The van der Waals surface area contributed by atoms with Gasteiger partial charge in [0.1, 0.15) is 5.25 Å². The van der Waals surface area contributed by atoms with Crippen LogP contribution in [0.4, 0.5) is 0 Å². The highest BCUT2D eigenvalue weighted by Gasteiger charge is 2.23. The van der Waals surface area contributed by atoms with E-state index in [0.717, 1.165) is 25.7 Å². The molecule has 0 heterocycles. The van der Waals surface area contributed by atoms with Crippen LogP contribution in [0.15, 0.2) is 0 Å². The molecule has 1 aliphatic rings. The van der Waals surface area contributed by atoms with Gasteiger partial charge in [-0.2, -0.15) is 8.42 Å². The van der Waals surface area contributed by atoms with E-state index in [4.69, 9.17) is 9.66 Å². The Hall–Kier alpha value is -0.170. The van der Waals surface area contributed by atoms with Crippen LogP contribution in [0.25, 0.3) is 0 Å². The molecule has 6 heteroatoms. The lowest BCUT2D eigenvalue weighted by atomic mass is 9.95. The maximum Gasteiger partial charge on any atom is 0.271 e. The molecule has 0 aromatic heterocycles. The summed E-state index contributed by atoms with van der Waals surface area (Å²) in [5, 5.41) is 10.8. The average molecular weight is 237 g/mol. The van der Waals surface area contributed by atoms with Crippen LogP contribution in [-0.2, 0) is 10.1 Å². The topological polar surface area (TPSA) is 86.6 Å². The van der Waals surface area contributed by atoms with E-state index < -0.39 is 22.0 Å². The Morgan fingerprint density at radius 3 is 2.33 bits per heavy atom. The third-order valence-electron chi connectivity index (χ3n) is 2.86. The van der Waals surface area contributed by atoms with Gasteiger partial charge in [0, 0.05) is 12.6 Å². The van der Waals surface area contributed by atoms with Crippen LogP contribution >= 0.6 is 0 Å². The molecular weight excluding hydrogens is 218 g/mol. The minimum Gasteiger partial charge on any atom is -0.395 e. The average Bonchev–Trinajstić information content (AvgIpc) is 2.18. The lowest BCUT2D eigenvalue weighted by Crippen LogP contribution is -2.41. The summed E-state index contributed by atoms with van der Waals surface area (Å²) in [6.07, 6.45) is 5.65. The molecule has 1 rings (SSSR count). The van der Waals surface area contributed by atoms with Crippen LogP contribution in [0.2, 0.25) is 0 Å². The van der Waals surface area contributed by atoms with Crippen molar-refractivity contribution in [3.8, 4) is 0 Å². The number of nitrogens with one attached hydrogen (secondary N) is 1. The van der Waals surface area contributed by atoms with Crippen LogP contribution in [-0.4, -0.2) is 42.5 Å². The molecule has 0 amide bonds. The molecule has 1 unspecified atom stereocenters. The third-order valence-corrected chi connectivity index (χ3v) is 4.02. The molecule has 5 nitrogen and oxygen atoms in total. The predicted octanol–water partition coefficient (Wildman–Crippen LogP) is 0.157. The van der Waals surface area contributed by atoms with Crippen molar-refractivity contribution in [2.45, 2.75) is 43.4 Å². The van der Waals surface area contributed by atoms with Crippen LogP contribution in [0, 0.1) is 0 Å². The van der Waals surface area contributed by atoms with Crippen molar-refractivity contribution in [2.75, 3.05) is 13.2 Å². The van der Waals surface area contributed by atoms with Crippen molar-refractivity contribution >= 4 is 10.1 Å². The van der Waals surface area contributed by atoms with Crippen molar-refractivity contribution in [2.24, 2.45) is 0 Å². The molecule has 0 saturated heterocycles. The Morgan fingerprint density at radius 2 is 1.87 bits per heavy atom. The van der Waals surface area contributed by atoms with E-state index in [1.807, 2.05) is 0 Å². The van der Waals surface area contributed by atoms with Crippen LogP contribution in [0.5, 0.6) is 0 Å². The maximum absolute atomic E-state index is 10.8. The van der Waals surface area contributed by atoms with E-state index in [0.29, 0.717) is 6.04 Å². The Bertz CT molecular complexity index is 272. The summed E-state index contributed by atoms with van der Waals surface area (Å²) in [4.78, 5) is 0. The fourth-order valence-electron chi connectivity index (χ4n) is 1.87. The third kappa shape index (κ3) is 4.46. The van der Waals surface area contributed by atoms with Gasteiger partial charge >= 0.3 is 0 Å². The zero-order valence-electron chi connectivity index (χ0n) is 8.72. The summed E-state index contributed by atoms with van der Waals surface area (Å²) in [5.74, 6) is 0. The molecule has 3 N–H and O–H groups in total. The number of hydrogen-bond donors (Lipinski definition) is 3. The van der Waals surface area contributed by atoms with E-state index in [1.54, 1.807) is 0 Å². The Balaban J connectivity index is 2.33. The molecule has 0 aromatic carbocycles. The summed E-state index contributed by atoms with van der Waals surface area (Å²) in [6, 6.07) is 0.328. The summed E-state index contributed by atoms with van der Waals surface area (Å²) >= 11 is 0. The number of aliphatic hydroxyl groups is 1. The first-order valence-electron chi connectivity index (χ1n) is 5.34. The molecule has 1 saturated carbocycles. The van der Waals surface area contributed by atoms with E-state index in [9.17, 15) is 8.42 Å². The van der Waals surface area contributed by atoms with Crippen molar-refractivity contribution in [1.82, 2.24) is 5.32 Å². The molecule has 0 radical (unpaired) electrons. The molecule has 90 valence electrons. The van der Waals surface area contributed by atoms with Crippen molar-refractivity contribution in [1.29, 1.82) is 0 Å². The molecule has 0 spiro atoms. The zero-order chi connectivity index (χ0) is 11.3. The number of aliphatic hydroxyl groups excluding tert-OH is 1. The lowest BCUT2D eigenvalue weighted by molar-refractivity contribution is 0.272. The van der Waals surface area contributed by atoms with Crippen molar-refractivity contribution < 1.29 is 18.1 Å². The second-order valence-corrected chi connectivity index (χ2v) is 5.76. The highest BCUT2D eigenvalue weighted by Crippen LogP contribution is 2.17. The maximum atomic E-state index is 10.8. The van der Waals surface area contributed by atoms with E-state index >= 15 is 0 Å². The lowest BCUT2D eigenvalue weighted by Gasteiger charge is -2.24. The first kappa shape index (κ1) is 12.9. The minimum atomic E-state index is -4.13. The summed E-state index contributed by atoms with van der Waals surface area (Å²) in [7, 11) is -4.13. The van der Waals surface area contributed by atoms with Crippen molar-refractivity contribution in [3.05, 3.63) is 0 Å². The summed E-state index contributed by atoms with van der Waals surface area (Å²) in [5.41, 5.74) is 0. The number of rotatable bonds is 5. The Kier molecular flexibility index (Phi) is 4.98. The highest BCUT2D eigenvalue weighted by molar-refractivity contribution is 7.86. The van der Waals surface area contributed by atoms with Gasteiger partial charge in [-0.05, 0) is 12.8 Å². The summed E-state index contributed by atoms with van der Waals surface area (Å²) < 4.78 is 30.4. The highest BCUT2D eigenvalue weighted by atomic mass is 32.2. The van der Waals surface area contributed by atoms with Gasteiger partial charge in [-0.3, -0.25) is 4.55 Å². The molecule has 0 bridgehead atoms. The fourth-order valence-corrected chi connectivity index (χ4v) is 2.36. The van der Waals surface area contributed by atoms with E-state index in [1.165, 1.54) is 6.42 Å². The number of hydrogen-bond acceptors (Lipinski definition) is 4. The molecule has 1 fully saturated rings. The second-order valence-electron chi connectivity index (χ2n) is 4.06. The van der Waals surface area contributed by atoms with E-state index in [-0.39, 0.29) is 6.54 Å². The first-order chi connectivity index (χ1) is 7.04. The van der Waals surface area contributed by atoms with Crippen molar-refractivity contribution in [3.63, 3.8) is 0 Å². The first-order valence-corrected chi connectivity index (χ1v) is 6.85. The van der Waals surface area contributed by atoms with Gasteiger partial charge in [-0.1, -0.05) is 19.3 Å². The summed E-state index contributed by atoms with van der Waals surface area (Å²) in [6.45, 7) is -0.418. The van der Waals surface area contributed by atoms with Crippen LogP contribution < -0.4 is 5.32 Å². The molecule has 0 aliphatic heterocycles. The van der Waals surface area contributed by atoms with Gasteiger partial charge in [-0.25, -0.2) is 0 Å². The molecule has 1 aliphatic carbocycles. The quantitative estimate of drug-likeness (QED) is 0.593. The SMILES string of the molecule is O=S(=O)(O)C(CO)CNC1CCCCC1. The Morgan fingerprint density at radius 1 is 1.27 bits per heavy atom. The largest absolute Gasteiger partial charge is 0.395 e. The normalized spacial score (nSPS) is 21.5. The Labute approximate surface area is 90.6 Å². The molecule has 0 aromatic rings. The monoisotopic (exact) mass is 237 g/mol. The smallest absolute Gasteiger partial charge is 0.271 e. The predicted molar refractivity (Wildman–Crippen MR) is 57.3 cm³/mol. The minimum absolute atomic E-state index is 0.125. The van der Waals surface area contributed by atoms with E-state index in [2.05, 4.69) is 5.32 Å². The fraction of sp³-hybridized carbons (Fsp3) is 1.00. The van der Waals surface area contributed by atoms with Gasteiger partial charge in [0.15, 0.2) is 0 Å². The van der Waals surface area contributed by atoms with Gasteiger partial charge in [0.05, 0.1) is 6.61 Å². The van der Waals surface area contributed by atoms with Crippen LogP contribution in [0.1, 0.15) is 32.1 Å². The van der Waals surface area contributed by atoms with Crippen LogP contribution in [0.3, 0.4) is 0 Å². The van der Waals surface area contributed by atoms with Gasteiger partial charge < -0.3 is 10.4 Å².